The van der Waals surface area contributed by atoms with Crippen LogP contribution in [-0.4, -0.2) is 38.3 Å². The van der Waals surface area contributed by atoms with Crippen LogP contribution in [0.4, 0.5) is 5.69 Å². The predicted molar refractivity (Wildman–Crippen MR) is 73.4 cm³/mol. The number of para-hydroxylation sites is 2. The average Bonchev–Trinajstić information content (AvgIpc) is 2.41. The Bertz CT molecular complexity index is 434. The molecule has 1 unspecified atom stereocenters. The Morgan fingerprint density at radius 1 is 1.47 bits per heavy atom. The molecule has 5 heteroatoms. The number of amides is 1. The lowest BCUT2D eigenvalue weighted by Gasteiger charge is -2.36. The van der Waals surface area contributed by atoms with Gasteiger partial charge >= 0.3 is 0 Å². The van der Waals surface area contributed by atoms with Crippen LogP contribution in [-0.2, 0) is 9.53 Å². The van der Waals surface area contributed by atoms with Crippen LogP contribution in [0, 0.1) is 0 Å². The van der Waals surface area contributed by atoms with Gasteiger partial charge in [0.25, 0.3) is 5.91 Å². The van der Waals surface area contributed by atoms with E-state index in [4.69, 9.17) is 15.2 Å². The minimum Gasteiger partial charge on any atom is -0.492 e. The summed E-state index contributed by atoms with van der Waals surface area (Å²) in [5.41, 5.74) is 6.42. The number of rotatable bonds is 5. The van der Waals surface area contributed by atoms with Crippen molar-refractivity contribution in [2.24, 2.45) is 5.73 Å². The molecule has 0 bridgehead atoms. The molecule has 1 aliphatic rings. The summed E-state index contributed by atoms with van der Waals surface area (Å²) in [5.74, 6) is 0.680. The highest BCUT2D eigenvalue weighted by molar-refractivity contribution is 5.96. The molecule has 1 saturated heterocycles. The molecular weight excluding hydrogens is 244 g/mol. The summed E-state index contributed by atoms with van der Waals surface area (Å²) in [6, 6.07) is 7.56. The number of morpholine rings is 1. The van der Waals surface area contributed by atoms with Crippen molar-refractivity contribution < 1.29 is 14.3 Å². The molecule has 1 heterocycles. The fourth-order valence-corrected chi connectivity index (χ4v) is 2.30. The van der Waals surface area contributed by atoms with Crippen molar-refractivity contribution in [1.82, 2.24) is 0 Å². The van der Waals surface area contributed by atoms with Gasteiger partial charge in [0.05, 0.1) is 24.9 Å². The first-order valence-electron chi connectivity index (χ1n) is 6.59. The molecule has 1 aromatic carbocycles. The monoisotopic (exact) mass is 264 g/mol. The molecule has 5 nitrogen and oxygen atoms in total. The molecule has 2 N–H and O–H groups in total. The second-order valence-electron chi connectivity index (χ2n) is 4.41. The van der Waals surface area contributed by atoms with E-state index in [0.29, 0.717) is 26.2 Å². The third-order valence-corrected chi connectivity index (χ3v) is 3.09. The van der Waals surface area contributed by atoms with Crippen molar-refractivity contribution in [1.29, 1.82) is 0 Å². The summed E-state index contributed by atoms with van der Waals surface area (Å²) in [4.78, 5) is 13.9. The van der Waals surface area contributed by atoms with Crippen molar-refractivity contribution in [3.05, 3.63) is 24.3 Å². The fourth-order valence-electron chi connectivity index (χ4n) is 2.30. The minimum atomic E-state index is -0.0446. The summed E-state index contributed by atoms with van der Waals surface area (Å²) in [6.07, 6.45) is 0.714. The number of carbonyl (C=O) groups is 1. The number of hydrogen-bond donors (Lipinski definition) is 1. The number of anilines is 1. The molecule has 0 aliphatic carbocycles. The fraction of sp³-hybridized carbons (Fsp3) is 0.500. The molecule has 0 spiro atoms. The Hall–Kier alpha value is -1.59. The Kier molecular flexibility index (Phi) is 4.76. The van der Waals surface area contributed by atoms with Crippen LogP contribution in [0.15, 0.2) is 24.3 Å². The SMILES string of the molecule is CCOc1ccccc1N1C(=O)COCC1CCN. The van der Waals surface area contributed by atoms with Gasteiger partial charge in [-0.15, -0.1) is 0 Å². The van der Waals surface area contributed by atoms with Gasteiger partial charge < -0.3 is 20.1 Å². The van der Waals surface area contributed by atoms with Crippen LogP contribution in [0.25, 0.3) is 0 Å². The van der Waals surface area contributed by atoms with E-state index >= 15 is 0 Å². The van der Waals surface area contributed by atoms with E-state index in [9.17, 15) is 4.79 Å². The van der Waals surface area contributed by atoms with Crippen LogP contribution in [0.2, 0.25) is 0 Å². The largest absolute Gasteiger partial charge is 0.492 e. The van der Waals surface area contributed by atoms with Gasteiger partial charge in [0.2, 0.25) is 0 Å². The zero-order valence-electron chi connectivity index (χ0n) is 11.2. The highest BCUT2D eigenvalue weighted by Gasteiger charge is 2.31. The van der Waals surface area contributed by atoms with E-state index in [2.05, 4.69) is 0 Å². The Balaban J connectivity index is 2.32. The summed E-state index contributed by atoms with van der Waals surface area (Å²) in [7, 11) is 0. The van der Waals surface area contributed by atoms with Crippen molar-refractivity contribution in [3.8, 4) is 5.75 Å². The van der Waals surface area contributed by atoms with Crippen molar-refractivity contribution in [2.45, 2.75) is 19.4 Å². The standard InChI is InChI=1S/C14H20N2O3/c1-2-19-13-6-4-3-5-12(13)16-11(7-8-15)9-18-10-14(16)17/h3-6,11H,2,7-10,15H2,1H3. The van der Waals surface area contributed by atoms with Crippen LogP contribution in [0.3, 0.4) is 0 Å². The van der Waals surface area contributed by atoms with Gasteiger partial charge in [0, 0.05) is 0 Å². The van der Waals surface area contributed by atoms with E-state index in [1.165, 1.54) is 0 Å². The van der Waals surface area contributed by atoms with Crippen molar-refractivity contribution in [3.63, 3.8) is 0 Å². The van der Waals surface area contributed by atoms with E-state index in [1.807, 2.05) is 31.2 Å². The molecule has 104 valence electrons. The lowest BCUT2D eigenvalue weighted by Crippen LogP contribution is -2.50. The molecule has 2 rings (SSSR count). The second-order valence-corrected chi connectivity index (χ2v) is 4.41. The Morgan fingerprint density at radius 3 is 3.00 bits per heavy atom. The van der Waals surface area contributed by atoms with Gasteiger partial charge in [0.15, 0.2) is 0 Å². The molecule has 1 fully saturated rings. The van der Waals surface area contributed by atoms with Crippen molar-refractivity contribution in [2.75, 3.05) is 31.3 Å². The third-order valence-electron chi connectivity index (χ3n) is 3.09. The molecule has 0 saturated carbocycles. The lowest BCUT2D eigenvalue weighted by atomic mass is 10.1. The molecule has 19 heavy (non-hydrogen) atoms. The van der Waals surface area contributed by atoms with Gasteiger partial charge in [-0.05, 0) is 32.0 Å². The molecular formula is C14H20N2O3. The van der Waals surface area contributed by atoms with Crippen LogP contribution < -0.4 is 15.4 Å². The smallest absolute Gasteiger partial charge is 0.253 e. The van der Waals surface area contributed by atoms with Gasteiger partial charge in [-0.1, -0.05) is 12.1 Å². The zero-order valence-corrected chi connectivity index (χ0v) is 11.2. The van der Waals surface area contributed by atoms with Gasteiger partial charge in [-0.3, -0.25) is 4.79 Å². The highest BCUT2D eigenvalue weighted by atomic mass is 16.5. The molecule has 0 aromatic heterocycles. The van der Waals surface area contributed by atoms with E-state index < -0.39 is 0 Å². The van der Waals surface area contributed by atoms with Gasteiger partial charge in [-0.25, -0.2) is 0 Å². The second kappa shape index (κ2) is 6.54. The Labute approximate surface area is 113 Å². The van der Waals surface area contributed by atoms with Gasteiger partial charge in [-0.2, -0.15) is 0 Å². The number of nitrogens with two attached hydrogens (primary N) is 1. The molecule has 1 aliphatic heterocycles. The Morgan fingerprint density at radius 2 is 2.26 bits per heavy atom. The minimum absolute atomic E-state index is 0.0205. The van der Waals surface area contributed by atoms with E-state index in [1.54, 1.807) is 4.90 Å². The number of benzene rings is 1. The quantitative estimate of drug-likeness (QED) is 0.867. The highest BCUT2D eigenvalue weighted by Crippen LogP contribution is 2.31. The van der Waals surface area contributed by atoms with Crippen LogP contribution in [0.5, 0.6) is 5.75 Å². The number of hydrogen-bond acceptors (Lipinski definition) is 4. The summed E-state index contributed by atoms with van der Waals surface area (Å²) >= 11 is 0. The maximum absolute atomic E-state index is 12.1. The maximum Gasteiger partial charge on any atom is 0.253 e. The van der Waals surface area contributed by atoms with Crippen LogP contribution in [0.1, 0.15) is 13.3 Å². The van der Waals surface area contributed by atoms with Crippen molar-refractivity contribution >= 4 is 11.6 Å². The molecule has 1 aromatic rings. The lowest BCUT2D eigenvalue weighted by molar-refractivity contribution is -0.127. The van der Waals surface area contributed by atoms with Crippen LogP contribution >= 0.6 is 0 Å². The first-order valence-corrected chi connectivity index (χ1v) is 6.59. The van der Waals surface area contributed by atoms with Gasteiger partial charge in [0.1, 0.15) is 12.4 Å². The van der Waals surface area contributed by atoms with E-state index in [-0.39, 0.29) is 18.6 Å². The maximum atomic E-state index is 12.1. The summed E-state index contributed by atoms with van der Waals surface area (Å²) in [5, 5.41) is 0. The average molecular weight is 264 g/mol. The topological polar surface area (TPSA) is 64.8 Å². The molecule has 1 atom stereocenters. The predicted octanol–water partition coefficient (Wildman–Crippen LogP) is 1.17. The molecule has 0 radical (unpaired) electrons. The zero-order chi connectivity index (χ0) is 13.7. The number of carbonyl (C=O) groups excluding carboxylic acids is 1. The third kappa shape index (κ3) is 3.05. The normalized spacial score (nSPS) is 19.6. The molecule has 1 amide bonds. The first-order chi connectivity index (χ1) is 9.27. The number of ether oxygens (including phenoxy) is 2. The summed E-state index contributed by atoms with van der Waals surface area (Å²) < 4.78 is 10.9. The first kappa shape index (κ1) is 13.8. The summed E-state index contributed by atoms with van der Waals surface area (Å²) in [6.45, 7) is 3.64. The van der Waals surface area contributed by atoms with E-state index in [0.717, 1.165) is 11.4 Å². The number of nitrogens with zero attached hydrogens (tertiary/aromatic N) is 1.